The van der Waals surface area contributed by atoms with Crippen LogP contribution in [0.25, 0.3) is 0 Å². The molecule has 0 heterocycles. The molecule has 1 nitrogen and oxygen atoms in total. The average molecular weight is 282 g/mol. The number of hydrogen-bond donors (Lipinski definition) is 1. The molecule has 3 N–H and O–H groups in total. The standard InChI is InChI=1S/BH3.H3N.Nd.Pd/h2*1H3;;. The first kappa shape index (κ1) is 36.9. The van der Waals surface area contributed by atoms with Crippen molar-refractivity contribution < 1.29 is 61.3 Å². The fourth-order valence-corrected chi connectivity index (χ4v) is 0. The molecular weight excluding hydrogens is 275 g/mol. The van der Waals surface area contributed by atoms with E-state index in [-0.39, 0.29) is 75.8 Å². The monoisotopic (exact) mass is 279 g/mol. The van der Waals surface area contributed by atoms with E-state index >= 15 is 0 Å². The first-order valence-corrected chi connectivity index (χ1v) is 0. The summed E-state index contributed by atoms with van der Waals surface area (Å²) in [5.41, 5.74) is 0. The summed E-state index contributed by atoms with van der Waals surface area (Å²) in [4.78, 5) is 0. The Balaban J connectivity index is 0. The Hall–Kier alpha value is 2.04. The van der Waals surface area contributed by atoms with Crippen LogP contribution in [0.4, 0.5) is 0 Å². The van der Waals surface area contributed by atoms with Crippen LogP contribution in [0.3, 0.4) is 0 Å². The molecule has 0 spiro atoms. The van der Waals surface area contributed by atoms with Crippen LogP contribution in [0.1, 0.15) is 0 Å². The van der Waals surface area contributed by atoms with Crippen LogP contribution in [0.15, 0.2) is 0 Å². The summed E-state index contributed by atoms with van der Waals surface area (Å²) in [5, 5.41) is 0. The van der Waals surface area contributed by atoms with Gasteiger partial charge in [-0.25, -0.2) is 0 Å². The number of hydrogen-bond acceptors (Lipinski definition) is 1. The van der Waals surface area contributed by atoms with Crippen molar-refractivity contribution in [1.82, 2.24) is 6.15 Å². The molecule has 0 bridgehead atoms. The molecule has 4 heteroatoms. The summed E-state index contributed by atoms with van der Waals surface area (Å²) < 4.78 is 0. The van der Waals surface area contributed by atoms with Crippen molar-refractivity contribution in [2.75, 3.05) is 0 Å². The number of rotatable bonds is 0. The molecule has 0 aromatic carbocycles. The van der Waals surface area contributed by atoms with Gasteiger partial charge in [-0.1, -0.05) is 0 Å². The fourth-order valence-electron chi connectivity index (χ4n) is 0. The van der Waals surface area contributed by atoms with Crippen molar-refractivity contribution in [1.29, 1.82) is 0 Å². The Kier molecular flexibility index (Phi) is 182. The normalized spacial score (nSPS) is 0. The molecule has 0 aliphatic carbocycles. The van der Waals surface area contributed by atoms with Crippen LogP contribution in [0.2, 0.25) is 0 Å². The molecule has 0 radical (unpaired) electrons. The summed E-state index contributed by atoms with van der Waals surface area (Å²) in [6, 6.07) is 0. The van der Waals surface area contributed by atoms with E-state index in [2.05, 4.69) is 0 Å². The summed E-state index contributed by atoms with van der Waals surface area (Å²) >= 11 is 0. The van der Waals surface area contributed by atoms with Gasteiger partial charge in [0.15, 0.2) is 0 Å². The second kappa shape index (κ2) is 19.8. The van der Waals surface area contributed by atoms with E-state index < -0.39 is 0 Å². The van der Waals surface area contributed by atoms with Gasteiger partial charge in [0.2, 0.25) is 0 Å². The zero-order valence-corrected chi connectivity index (χ0v) is 6.29. The van der Waals surface area contributed by atoms with Crippen LogP contribution in [0.5, 0.6) is 0 Å². The van der Waals surface area contributed by atoms with Gasteiger partial charge >= 0.3 is 0 Å². The molecule has 0 aromatic rings. The second-order valence-corrected chi connectivity index (χ2v) is 0. The molecule has 0 saturated carbocycles. The van der Waals surface area contributed by atoms with E-state index in [0.29, 0.717) is 0 Å². The van der Waals surface area contributed by atoms with E-state index in [0.717, 1.165) is 0 Å². The van der Waals surface area contributed by atoms with E-state index in [1.807, 2.05) is 0 Å². The van der Waals surface area contributed by atoms with Crippen LogP contribution < -0.4 is 6.15 Å². The maximum Gasteiger partial charge on any atom is 0.0814 e. The third-order valence-corrected chi connectivity index (χ3v) is 0. The Morgan fingerprint density at radius 3 is 1.00 bits per heavy atom. The van der Waals surface area contributed by atoms with Crippen molar-refractivity contribution in [3.8, 4) is 0 Å². The van der Waals surface area contributed by atoms with E-state index in [9.17, 15) is 0 Å². The van der Waals surface area contributed by atoms with E-state index in [1.165, 1.54) is 0 Å². The van der Waals surface area contributed by atoms with Gasteiger partial charge < -0.3 is 6.15 Å². The predicted octanol–water partition coefficient (Wildman–Crippen LogP) is -1.02. The third-order valence-electron chi connectivity index (χ3n) is 0. The fraction of sp³-hybridized carbons (Fsp3) is 0. The molecule has 4 heavy (non-hydrogen) atoms. The van der Waals surface area contributed by atoms with Crippen LogP contribution in [-0.4, -0.2) is 8.41 Å². The first-order valence-electron chi connectivity index (χ1n) is 0. The third kappa shape index (κ3) is 8.97. The molecule has 0 aliphatic heterocycles. The summed E-state index contributed by atoms with van der Waals surface area (Å²) in [5.74, 6) is 0. The van der Waals surface area contributed by atoms with Gasteiger partial charge in [0, 0.05) is 61.3 Å². The molecule has 0 amide bonds. The Morgan fingerprint density at radius 1 is 1.00 bits per heavy atom. The topological polar surface area (TPSA) is 35.0 Å². The van der Waals surface area contributed by atoms with Crippen molar-refractivity contribution in [2.24, 2.45) is 0 Å². The predicted molar refractivity (Wildman–Crippen MR) is 15.0 cm³/mol. The molecule has 0 fully saturated rings. The smallest absolute Gasteiger partial charge is 0.0814 e. The maximum atomic E-state index is 0. The average Bonchev–Trinajstić information content (AvgIpc) is 0. The largest absolute Gasteiger partial charge is 0.344 e. The zero-order valence-electron chi connectivity index (χ0n) is 1.52. The van der Waals surface area contributed by atoms with Crippen LogP contribution in [0, 0.1) is 40.8 Å². The molecular formula is H6BNNdPd. The van der Waals surface area contributed by atoms with Crippen molar-refractivity contribution >= 4 is 8.41 Å². The van der Waals surface area contributed by atoms with E-state index in [1.54, 1.807) is 0 Å². The van der Waals surface area contributed by atoms with Crippen molar-refractivity contribution in [2.45, 2.75) is 0 Å². The summed E-state index contributed by atoms with van der Waals surface area (Å²) in [6.07, 6.45) is 0. The van der Waals surface area contributed by atoms with Crippen molar-refractivity contribution in [3.05, 3.63) is 0 Å². The molecule has 0 rings (SSSR count). The van der Waals surface area contributed by atoms with Gasteiger partial charge in [-0.3, -0.25) is 0 Å². The van der Waals surface area contributed by atoms with Gasteiger partial charge in [0.05, 0.1) is 8.41 Å². The van der Waals surface area contributed by atoms with Gasteiger partial charge in [-0.15, -0.1) is 0 Å². The molecule has 0 atom stereocenters. The zero-order chi connectivity index (χ0) is 0. The minimum absolute atomic E-state index is 0. The Morgan fingerprint density at radius 2 is 1.00 bits per heavy atom. The molecule has 0 saturated heterocycles. The quantitative estimate of drug-likeness (QED) is 0.567. The molecule has 0 aliphatic rings. The van der Waals surface area contributed by atoms with Crippen molar-refractivity contribution in [3.63, 3.8) is 0 Å². The summed E-state index contributed by atoms with van der Waals surface area (Å²) in [6.45, 7) is 0. The molecule has 28 valence electrons. The van der Waals surface area contributed by atoms with Gasteiger partial charge in [-0.2, -0.15) is 0 Å². The van der Waals surface area contributed by atoms with Gasteiger partial charge in [0.25, 0.3) is 0 Å². The Bertz CT molecular complexity index is 8.00. The minimum Gasteiger partial charge on any atom is -0.344 e. The maximum absolute atomic E-state index is 0. The SMILES string of the molecule is B.N.[Nd].[Pd]. The van der Waals surface area contributed by atoms with Gasteiger partial charge in [-0.05, 0) is 0 Å². The van der Waals surface area contributed by atoms with Crippen LogP contribution in [-0.2, 0) is 20.4 Å². The molecule has 0 aromatic heterocycles. The second-order valence-electron chi connectivity index (χ2n) is 0. The minimum atomic E-state index is 0. The Labute approximate surface area is 74.6 Å². The first-order chi connectivity index (χ1) is 0. The summed E-state index contributed by atoms with van der Waals surface area (Å²) in [7, 11) is 0. The van der Waals surface area contributed by atoms with Crippen LogP contribution >= 0.6 is 0 Å². The van der Waals surface area contributed by atoms with E-state index in [4.69, 9.17) is 0 Å². The van der Waals surface area contributed by atoms with Gasteiger partial charge in [0.1, 0.15) is 0 Å². The molecule has 0 unspecified atom stereocenters.